The summed E-state index contributed by atoms with van der Waals surface area (Å²) in [5.74, 6) is -3.27. The largest absolute Gasteiger partial charge is 0.282 e. The number of H-pyrrole nitrogens is 1. The van der Waals surface area contributed by atoms with Crippen molar-refractivity contribution in [2.75, 3.05) is 6.67 Å². The molecule has 0 bridgehead atoms. The van der Waals surface area contributed by atoms with Gasteiger partial charge in [0.25, 0.3) is 5.92 Å². The lowest BCUT2D eigenvalue weighted by Crippen LogP contribution is -2.22. The van der Waals surface area contributed by atoms with Gasteiger partial charge in [-0.1, -0.05) is 0 Å². The molecule has 0 amide bonds. The first-order valence-electron chi connectivity index (χ1n) is 3.06. The summed E-state index contributed by atoms with van der Waals surface area (Å²) < 4.78 is 36.2. The molecule has 0 saturated heterocycles. The van der Waals surface area contributed by atoms with Gasteiger partial charge in [0, 0.05) is 11.9 Å². The predicted molar refractivity (Wildman–Crippen MR) is 33.2 cm³/mol. The van der Waals surface area contributed by atoms with Gasteiger partial charge in [0.2, 0.25) is 0 Å². The lowest BCUT2D eigenvalue weighted by atomic mass is 10.2. The Morgan fingerprint density at radius 2 is 2.27 bits per heavy atom. The van der Waals surface area contributed by atoms with Gasteiger partial charge in [-0.2, -0.15) is 5.10 Å². The summed E-state index contributed by atoms with van der Waals surface area (Å²) >= 11 is 0. The van der Waals surface area contributed by atoms with Crippen LogP contribution in [0.4, 0.5) is 13.2 Å². The van der Waals surface area contributed by atoms with Crippen molar-refractivity contribution in [3.8, 4) is 0 Å². The first-order chi connectivity index (χ1) is 5.14. The maximum absolute atomic E-state index is 12.3. The molecule has 0 radical (unpaired) electrons. The third-order valence-electron chi connectivity index (χ3n) is 1.20. The van der Waals surface area contributed by atoms with Crippen LogP contribution in [-0.4, -0.2) is 22.8 Å². The van der Waals surface area contributed by atoms with Crippen LogP contribution in [0.1, 0.15) is 5.69 Å². The zero-order valence-corrected chi connectivity index (χ0v) is 5.65. The normalized spacial score (nSPS) is 11.9. The molecule has 1 aromatic rings. The van der Waals surface area contributed by atoms with Crippen LogP contribution < -0.4 is 0 Å². The molecule has 1 heterocycles. The Bertz CT molecular complexity index is 208. The molecular formula is C6H7F3N2. The number of nitrogens with zero attached hydrogens (tertiary/aromatic N) is 1. The van der Waals surface area contributed by atoms with Gasteiger partial charge in [-0.3, -0.25) is 5.10 Å². The van der Waals surface area contributed by atoms with Gasteiger partial charge in [-0.05, 0) is 6.07 Å². The number of nitrogens with one attached hydrogen (secondary N) is 1. The minimum atomic E-state index is -3.27. The monoisotopic (exact) mass is 164 g/mol. The molecule has 2 nitrogen and oxygen atoms in total. The van der Waals surface area contributed by atoms with Crippen LogP contribution in [0.15, 0.2) is 12.3 Å². The van der Waals surface area contributed by atoms with Crippen LogP contribution in [0.25, 0.3) is 0 Å². The number of hydrogen-bond acceptors (Lipinski definition) is 1. The van der Waals surface area contributed by atoms with Crippen LogP contribution in [0, 0.1) is 0 Å². The quantitative estimate of drug-likeness (QED) is 0.721. The summed E-state index contributed by atoms with van der Waals surface area (Å²) in [6, 6.07) is 1.39. The molecule has 0 atom stereocenters. The van der Waals surface area contributed by atoms with Gasteiger partial charge in [0.05, 0.1) is 6.42 Å². The Morgan fingerprint density at radius 3 is 2.73 bits per heavy atom. The van der Waals surface area contributed by atoms with Gasteiger partial charge in [-0.25, -0.2) is 13.2 Å². The lowest BCUT2D eigenvalue weighted by Gasteiger charge is -2.09. The summed E-state index contributed by atoms with van der Waals surface area (Å²) in [5, 5.41) is 5.79. The summed E-state index contributed by atoms with van der Waals surface area (Å²) in [6.45, 7) is -1.63. The minimum Gasteiger partial charge on any atom is -0.282 e. The fourth-order valence-corrected chi connectivity index (χ4v) is 0.709. The fraction of sp³-hybridized carbons (Fsp3) is 0.500. The molecule has 0 aliphatic rings. The zero-order valence-electron chi connectivity index (χ0n) is 5.65. The first-order valence-corrected chi connectivity index (χ1v) is 3.06. The maximum atomic E-state index is 12.3. The Balaban J connectivity index is 2.56. The van der Waals surface area contributed by atoms with Gasteiger partial charge in [-0.15, -0.1) is 0 Å². The van der Waals surface area contributed by atoms with Crippen molar-refractivity contribution in [3.05, 3.63) is 18.0 Å². The number of rotatable bonds is 3. The SMILES string of the molecule is FCC(F)(F)Cc1ccn[nH]1. The third kappa shape index (κ3) is 2.25. The van der Waals surface area contributed by atoms with Crippen molar-refractivity contribution in [3.63, 3.8) is 0 Å². The maximum Gasteiger partial charge on any atom is 0.281 e. The van der Waals surface area contributed by atoms with E-state index in [-0.39, 0.29) is 5.69 Å². The fourth-order valence-electron chi connectivity index (χ4n) is 0.709. The summed E-state index contributed by atoms with van der Waals surface area (Å²) in [6.07, 6.45) is 0.729. The van der Waals surface area contributed by atoms with E-state index in [0.29, 0.717) is 0 Å². The second kappa shape index (κ2) is 2.94. The molecule has 0 aliphatic heterocycles. The van der Waals surface area contributed by atoms with Crippen LogP contribution in [0.2, 0.25) is 0 Å². The topological polar surface area (TPSA) is 28.7 Å². The van der Waals surface area contributed by atoms with Crippen molar-refractivity contribution < 1.29 is 13.2 Å². The standard InChI is InChI=1S/C6H7F3N2/c7-4-6(8,9)3-5-1-2-10-11-5/h1-2H,3-4H2,(H,10,11). The molecule has 0 aromatic carbocycles. The highest BCUT2D eigenvalue weighted by Crippen LogP contribution is 2.18. The van der Waals surface area contributed by atoms with Crippen LogP contribution in [0.3, 0.4) is 0 Å². The molecule has 1 aromatic heterocycles. The summed E-state index contributed by atoms with van der Waals surface area (Å²) in [5.41, 5.74) is 0.243. The zero-order chi connectivity index (χ0) is 8.32. The molecular weight excluding hydrogens is 157 g/mol. The highest BCUT2D eigenvalue weighted by Gasteiger charge is 2.29. The molecule has 0 unspecified atom stereocenters. The minimum absolute atomic E-state index is 0.243. The second-order valence-corrected chi connectivity index (χ2v) is 2.25. The van der Waals surface area contributed by atoms with E-state index < -0.39 is 19.0 Å². The molecule has 0 saturated carbocycles. The Hall–Kier alpha value is -1.00. The van der Waals surface area contributed by atoms with Crippen LogP contribution in [-0.2, 0) is 6.42 Å². The Labute approximate surface area is 61.4 Å². The lowest BCUT2D eigenvalue weighted by molar-refractivity contribution is -0.0224. The van der Waals surface area contributed by atoms with Gasteiger partial charge >= 0.3 is 0 Å². The van der Waals surface area contributed by atoms with E-state index in [9.17, 15) is 13.2 Å². The van der Waals surface area contributed by atoms with Crippen molar-refractivity contribution in [1.29, 1.82) is 0 Å². The summed E-state index contributed by atoms with van der Waals surface area (Å²) in [4.78, 5) is 0. The molecule has 0 spiro atoms. The van der Waals surface area contributed by atoms with E-state index in [1.54, 1.807) is 0 Å². The number of hydrogen-bond donors (Lipinski definition) is 1. The number of halogens is 3. The van der Waals surface area contributed by atoms with Crippen LogP contribution in [0.5, 0.6) is 0 Å². The van der Waals surface area contributed by atoms with Crippen molar-refractivity contribution in [1.82, 2.24) is 10.2 Å². The van der Waals surface area contributed by atoms with Gasteiger partial charge < -0.3 is 0 Å². The average molecular weight is 164 g/mol. The second-order valence-electron chi connectivity index (χ2n) is 2.25. The van der Waals surface area contributed by atoms with E-state index in [0.717, 1.165) is 0 Å². The Kier molecular flexibility index (Phi) is 2.16. The van der Waals surface area contributed by atoms with E-state index in [4.69, 9.17) is 0 Å². The molecule has 1 rings (SSSR count). The van der Waals surface area contributed by atoms with Gasteiger partial charge in [0.15, 0.2) is 6.67 Å². The van der Waals surface area contributed by atoms with Crippen molar-refractivity contribution in [2.45, 2.75) is 12.3 Å². The number of aromatic nitrogens is 2. The molecule has 5 heteroatoms. The number of aromatic amines is 1. The van der Waals surface area contributed by atoms with Crippen molar-refractivity contribution >= 4 is 0 Å². The number of alkyl halides is 3. The smallest absolute Gasteiger partial charge is 0.281 e. The van der Waals surface area contributed by atoms with E-state index in [1.165, 1.54) is 12.3 Å². The molecule has 1 N–H and O–H groups in total. The summed E-state index contributed by atoms with van der Waals surface area (Å²) in [7, 11) is 0. The van der Waals surface area contributed by atoms with E-state index >= 15 is 0 Å². The molecule has 0 fully saturated rings. The Morgan fingerprint density at radius 1 is 1.55 bits per heavy atom. The van der Waals surface area contributed by atoms with Crippen LogP contribution >= 0.6 is 0 Å². The van der Waals surface area contributed by atoms with E-state index in [2.05, 4.69) is 10.2 Å². The first kappa shape index (κ1) is 8.10. The molecule has 0 aliphatic carbocycles. The van der Waals surface area contributed by atoms with E-state index in [1.807, 2.05) is 0 Å². The third-order valence-corrected chi connectivity index (χ3v) is 1.20. The van der Waals surface area contributed by atoms with Crippen molar-refractivity contribution in [2.24, 2.45) is 0 Å². The highest BCUT2D eigenvalue weighted by atomic mass is 19.3. The predicted octanol–water partition coefficient (Wildman–Crippen LogP) is 1.56. The molecule has 62 valence electrons. The average Bonchev–Trinajstić information content (AvgIpc) is 2.39. The highest BCUT2D eigenvalue weighted by molar-refractivity contribution is 5.00. The molecule has 11 heavy (non-hydrogen) atoms. The van der Waals surface area contributed by atoms with Gasteiger partial charge in [0.1, 0.15) is 0 Å².